The zero-order valence-corrected chi connectivity index (χ0v) is 9.39. The van der Waals surface area contributed by atoms with Crippen molar-refractivity contribution in [2.24, 2.45) is 0 Å². The standard InChI is InChI=1S/C10H8BrN3O/c11-6-9-8(2-1-3-13-9)10(15)14-5-4-12-7-14/h1-5,7H,6H2. The number of carbonyl (C=O) groups excluding carboxylic acids is 1. The summed E-state index contributed by atoms with van der Waals surface area (Å²) in [6.45, 7) is 0. The molecule has 0 fully saturated rings. The highest BCUT2D eigenvalue weighted by molar-refractivity contribution is 9.08. The molecule has 0 N–H and O–H groups in total. The van der Waals surface area contributed by atoms with Crippen LogP contribution in [0.15, 0.2) is 37.1 Å². The summed E-state index contributed by atoms with van der Waals surface area (Å²) in [6, 6.07) is 3.50. The lowest BCUT2D eigenvalue weighted by molar-refractivity contribution is 0.0958. The van der Waals surface area contributed by atoms with Gasteiger partial charge in [0.05, 0.1) is 11.3 Å². The van der Waals surface area contributed by atoms with Crippen LogP contribution in [-0.2, 0) is 5.33 Å². The lowest BCUT2D eigenvalue weighted by atomic mass is 10.2. The highest BCUT2D eigenvalue weighted by Gasteiger charge is 2.12. The van der Waals surface area contributed by atoms with E-state index in [1.807, 2.05) is 0 Å². The number of aromatic nitrogens is 3. The molecule has 0 bridgehead atoms. The molecule has 15 heavy (non-hydrogen) atoms. The summed E-state index contributed by atoms with van der Waals surface area (Å²) in [4.78, 5) is 19.9. The van der Waals surface area contributed by atoms with Gasteiger partial charge in [0.1, 0.15) is 6.33 Å². The molecule has 0 aromatic carbocycles. The van der Waals surface area contributed by atoms with E-state index in [1.165, 1.54) is 10.9 Å². The highest BCUT2D eigenvalue weighted by Crippen LogP contribution is 2.10. The average Bonchev–Trinajstić information content (AvgIpc) is 2.81. The Morgan fingerprint density at radius 2 is 2.33 bits per heavy atom. The van der Waals surface area contributed by atoms with E-state index < -0.39 is 0 Å². The van der Waals surface area contributed by atoms with Crippen molar-refractivity contribution in [1.29, 1.82) is 0 Å². The Kier molecular flexibility index (Phi) is 2.91. The van der Waals surface area contributed by atoms with Crippen LogP contribution in [0.5, 0.6) is 0 Å². The van der Waals surface area contributed by atoms with Crippen LogP contribution in [0.3, 0.4) is 0 Å². The quantitative estimate of drug-likeness (QED) is 0.779. The van der Waals surface area contributed by atoms with Gasteiger partial charge in [-0.2, -0.15) is 0 Å². The van der Waals surface area contributed by atoms with Crippen LogP contribution in [0, 0.1) is 0 Å². The number of rotatable bonds is 2. The Balaban J connectivity index is 2.42. The van der Waals surface area contributed by atoms with Crippen molar-refractivity contribution < 1.29 is 4.79 Å². The average molecular weight is 266 g/mol. The minimum Gasteiger partial charge on any atom is -0.272 e. The van der Waals surface area contributed by atoms with Crippen molar-refractivity contribution in [3.8, 4) is 0 Å². The summed E-state index contributed by atoms with van der Waals surface area (Å²) in [7, 11) is 0. The molecule has 2 aromatic rings. The molecule has 2 aromatic heterocycles. The number of pyridine rings is 1. The number of nitrogens with zero attached hydrogens (tertiary/aromatic N) is 3. The predicted octanol–water partition coefficient (Wildman–Crippen LogP) is 1.86. The van der Waals surface area contributed by atoms with Crippen molar-refractivity contribution in [2.75, 3.05) is 0 Å². The van der Waals surface area contributed by atoms with E-state index in [2.05, 4.69) is 25.9 Å². The maximum absolute atomic E-state index is 11.9. The summed E-state index contributed by atoms with van der Waals surface area (Å²) in [5, 5.41) is 0.559. The van der Waals surface area contributed by atoms with Gasteiger partial charge in [0, 0.05) is 23.9 Å². The second kappa shape index (κ2) is 4.35. The van der Waals surface area contributed by atoms with E-state index >= 15 is 0 Å². The number of hydrogen-bond donors (Lipinski definition) is 0. The van der Waals surface area contributed by atoms with Crippen molar-refractivity contribution >= 4 is 21.8 Å². The van der Waals surface area contributed by atoms with Crippen LogP contribution in [0.4, 0.5) is 0 Å². The maximum atomic E-state index is 11.9. The third-order valence-corrected chi connectivity index (χ3v) is 2.52. The van der Waals surface area contributed by atoms with Gasteiger partial charge < -0.3 is 0 Å². The van der Waals surface area contributed by atoms with Gasteiger partial charge in [-0.3, -0.25) is 14.3 Å². The number of hydrogen-bond acceptors (Lipinski definition) is 3. The molecule has 0 saturated heterocycles. The van der Waals surface area contributed by atoms with Crippen LogP contribution < -0.4 is 0 Å². The second-order valence-corrected chi connectivity index (χ2v) is 3.47. The van der Waals surface area contributed by atoms with Crippen LogP contribution >= 0.6 is 15.9 Å². The molecule has 0 saturated carbocycles. The molecule has 4 nitrogen and oxygen atoms in total. The van der Waals surface area contributed by atoms with E-state index in [0.717, 1.165) is 5.69 Å². The predicted molar refractivity (Wildman–Crippen MR) is 58.8 cm³/mol. The summed E-state index contributed by atoms with van der Waals surface area (Å²) in [6.07, 6.45) is 6.34. The first-order valence-corrected chi connectivity index (χ1v) is 5.47. The van der Waals surface area contributed by atoms with E-state index in [4.69, 9.17) is 0 Å². The van der Waals surface area contributed by atoms with E-state index in [9.17, 15) is 4.79 Å². The maximum Gasteiger partial charge on any atom is 0.265 e. The first kappa shape index (κ1) is 10.0. The largest absolute Gasteiger partial charge is 0.272 e. The molecule has 2 rings (SSSR count). The second-order valence-electron chi connectivity index (χ2n) is 2.91. The molecule has 0 aliphatic carbocycles. The zero-order chi connectivity index (χ0) is 10.7. The monoisotopic (exact) mass is 265 g/mol. The van der Waals surface area contributed by atoms with Crippen LogP contribution in [0.1, 0.15) is 16.1 Å². The third-order valence-electron chi connectivity index (χ3n) is 1.99. The summed E-state index contributed by atoms with van der Waals surface area (Å²) in [5.74, 6) is -0.116. The van der Waals surface area contributed by atoms with E-state index in [0.29, 0.717) is 10.9 Å². The molecule has 0 radical (unpaired) electrons. The van der Waals surface area contributed by atoms with Crippen LogP contribution in [-0.4, -0.2) is 20.4 Å². The van der Waals surface area contributed by atoms with Gasteiger partial charge in [-0.15, -0.1) is 0 Å². The van der Waals surface area contributed by atoms with Gasteiger partial charge in [0.2, 0.25) is 0 Å². The van der Waals surface area contributed by atoms with Gasteiger partial charge in [0.25, 0.3) is 5.91 Å². The van der Waals surface area contributed by atoms with Gasteiger partial charge in [-0.25, -0.2) is 4.98 Å². The fourth-order valence-corrected chi connectivity index (χ4v) is 1.70. The van der Waals surface area contributed by atoms with Gasteiger partial charge in [-0.05, 0) is 12.1 Å². The van der Waals surface area contributed by atoms with Gasteiger partial charge >= 0.3 is 0 Å². The molecule has 5 heteroatoms. The molecule has 2 heterocycles. The minimum atomic E-state index is -0.116. The van der Waals surface area contributed by atoms with Crippen LogP contribution in [0.25, 0.3) is 0 Å². The molecule has 0 aliphatic heterocycles. The van der Waals surface area contributed by atoms with Crippen molar-refractivity contribution in [3.63, 3.8) is 0 Å². The first-order valence-electron chi connectivity index (χ1n) is 4.35. The Bertz CT molecular complexity index is 467. The third kappa shape index (κ3) is 1.97. The van der Waals surface area contributed by atoms with Gasteiger partial charge in [0.15, 0.2) is 0 Å². The Hall–Kier alpha value is -1.49. The number of carbonyl (C=O) groups is 1. The van der Waals surface area contributed by atoms with Crippen molar-refractivity contribution in [2.45, 2.75) is 5.33 Å². The normalized spacial score (nSPS) is 10.2. The SMILES string of the molecule is O=C(c1cccnc1CBr)n1ccnc1. The summed E-state index contributed by atoms with van der Waals surface area (Å²) >= 11 is 3.30. The van der Waals surface area contributed by atoms with Gasteiger partial charge in [-0.1, -0.05) is 15.9 Å². The van der Waals surface area contributed by atoms with Crippen molar-refractivity contribution in [1.82, 2.24) is 14.5 Å². The molecule has 0 atom stereocenters. The Morgan fingerprint density at radius 3 is 3.00 bits per heavy atom. The molecule has 0 spiro atoms. The number of alkyl halides is 1. The summed E-state index contributed by atoms with van der Waals surface area (Å²) < 4.78 is 1.43. The number of halogens is 1. The lowest BCUT2D eigenvalue weighted by Gasteiger charge is -2.04. The Morgan fingerprint density at radius 1 is 1.47 bits per heavy atom. The van der Waals surface area contributed by atoms with Crippen LogP contribution in [0.2, 0.25) is 0 Å². The minimum absolute atomic E-state index is 0.116. The molecule has 0 amide bonds. The van der Waals surface area contributed by atoms with E-state index in [1.54, 1.807) is 30.7 Å². The lowest BCUT2D eigenvalue weighted by Crippen LogP contribution is -2.12. The highest BCUT2D eigenvalue weighted by atomic mass is 79.9. The van der Waals surface area contributed by atoms with Crippen molar-refractivity contribution in [3.05, 3.63) is 48.3 Å². The topological polar surface area (TPSA) is 47.8 Å². The Labute approximate surface area is 95.1 Å². The number of imidazole rings is 1. The molecular weight excluding hydrogens is 258 g/mol. The fourth-order valence-electron chi connectivity index (χ4n) is 1.26. The van der Waals surface area contributed by atoms with E-state index in [-0.39, 0.29) is 5.91 Å². The fraction of sp³-hybridized carbons (Fsp3) is 0.100. The first-order chi connectivity index (χ1) is 7.33. The zero-order valence-electron chi connectivity index (χ0n) is 7.80. The molecule has 0 unspecified atom stereocenters. The smallest absolute Gasteiger partial charge is 0.265 e. The molecule has 76 valence electrons. The molecule has 0 aliphatic rings. The summed E-state index contributed by atoms with van der Waals surface area (Å²) in [5.41, 5.74) is 1.32. The molecular formula is C10H8BrN3O.